The van der Waals surface area contributed by atoms with Crippen molar-refractivity contribution in [2.45, 2.75) is 13.8 Å². The Hall–Kier alpha value is -1.38. The monoisotopic (exact) mass is 317 g/mol. The molecule has 6 nitrogen and oxygen atoms in total. The van der Waals surface area contributed by atoms with E-state index in [4.69, 9.17) is 22.7 Å². The third kappa shape index (κ3) is 6.69. The van der Waals surface area contributed by atoms with Crippen molar-refractivity contribution in [2.75, 3.05) is 17.9 Å². The van der Waals surface area contributed by atoms with Crippen molar-refractivity contribution in [1.29, 1.82) is 0 Å². The van der Waals surface area contributed by atoms with Crippen LogP contribution in [-0.4, -0.2) is 26.6 Å². The molecule has 1 rings (SSSR count). The Kier molecular flexibility index (Phi) is 6.18. The van der Waals surface area contributed by atoms with Crippen LogP contribution in [0.5, 0.6) is 5.75 Å². The molecule has 1 aromatic rings. The molecule has 0 amide bonds. The van der Waals surface area contributed by atoms with Gasteiger partial charge in [-0.2, -0.15) is 13.1 Å². The SMILES string of the molecule is CC(C)CNS(=O)(=O)Nc1ccc(OCC(N)=S)cc1. The first-order valence-corrected chi connectivity index (χ1v) is 7.96. The Morgan fingerprint density at radius 3 is 2.45 bits per heavy atom. The molecule has 1 aromatic carbocycles. The molecule has 0 fully saturated rings. The van der Waals surface area contributed by atoms with Crippen molar-refractivity contribution in [3.05, 3.63) is 24.3 Å². The van der Waals surface area contributed by atoms with E-state index in [1.165, 1.54) is 0 Å². The van der Waals surface area contributed by atoms with Crippen LogP contribution in [0.4, 0.5) is 5.69 Å². The minimum absolute atomic E-state index is 0.149. The highest BCUT2D eigenvalue weighted by atomic mass is 32.2. The molecule has 0 heterocycles. The Bertz CT molecular complexity index is 542. The zero-order chi connectivity index (χ0) is 15.2. The Labute approximate surface area is 124 Å². The van der Waals surface area contributed by atoms with Gasteiger partial charge in [-0.25, -0.2) is 0 Å². The van der Waals surface area contributed by atoms with Gasteiger partial charge in [0, 0.05) is 12.2 Å². The molecule has 0 aliphatic carbocycles. The second kappa shape index (κ2) is 7.41. The summed E-state index contributed by atoms with van der Waals surface area (Å²) in [5, 5.41) is 0. The predicted molar refractivity (Wildman–Crippen MR) is 84.1 cm³/mol. The van der Waals surface area contributed by atoms with E-state index in [0.717, 1.165) is 0 Å². The fraction of sp³-hybridized carbons (Fsp3) is 0.417. The molecule has 0 saturated heterocycles. The van der Waals surface area contributed by atoms with Gasteiger partial charge in [0.05, 0.1) is 0 Å². The molecule has 0 bridgehead atoms. The van der Waals surface area contributed by atoms with E-state index in [9.17, 15) is 8.42 Å². The molecule has 112 valence electrons. The smallest absolute Gasteiger partial charge is 0.299 e. The lowest BCUT2D eigenvalue weighted by Gasteiger charge is -2.11. The lowest BCUT2D eigenvalue weighted by molar-refractivity contribution is 0.377. The lowest BCUT2D eigenvalue weighted by atomic mass is 10.2. The third-order valence-corrected chi connectivity index (χ3v) is 3.34. The van der Waals surface area contributed by atoms with Crippen LogP contribution >= 0.6 is 12.2 Å². The highest BCUT2D eigenvalue weighted by Crippen LogP contribution is 2.16. The van der Waals surface area contributed by atoms with Crippen LogP contribution in [0.3, 0.4) is 0 Å². The first kappa shape index (κ1) is 16.7. The van der Waals surface area contributed by atoms with Crippen LogP contribution in [0.2, 0.25) is 0 Å². The summed E-state index contributed by atoms with van der Waals surface area (Å²) in [6.07, 6.45) is 0. The maximum absolute atomic E-state index is 11.7. The quantitative estimate of drug-likeness (QED) is 0.628. The fourth-order valence-electron chi connectivity index (χ4n) is 1.24. The second-order valence-corrected chi connectivity index (χ2v) is 6.65. The van der Waals surface area contributed by atoms with E-state index in [2.05, 4.69) is 9.44 Å². The van der Waals surface area contributed by atoms with Crippen LogP contribution in [-0.2, 0) is 10.2 Å². The summed E-state index contributed by atoms with van der Waals surface area (Å²) in [5.74, 6) is 0.804. The van der Waals surface area contributed by atoms with E-state index >= 15 is 0 Å². The van der Waals surface area contributed by atoms with Crippen LogP contribution in [0.1, 0.15) is 13.8 Å². The van der Waals surface area contributed by atoms with Crippen LogP contribution < -0.4 is 19.9 Å². The Morgan fingerprint density at radius 2 is 1.95 bits per heavy atom. The number of hydrogen-bond acceptors (Lipinski definition) is 4. The highest BCUT2D eigenvalue weighted by molar-refractivity contribution is 7.90. The molecule has 20 heavy (non-hydrogen) atoms. The molecule has 0 radical (unpaired) electrons. The second-order valence-electron chi connectivity index (χ2n) is 4.63. The molecule has 0 aromatic heterocycles. The summed E-state index contributed by atoms with van der Waals surface area (Å²) in [4.78, 5) is 0.257. The average Bonchev–Trinajstić information content (AvgIpc) is 2.35. The number of hydrogen-bond donors (Lipinski definition) is 3. The molecule has 8 heteroatoms. The van der Waals surface area contributed by atoms with Gasteiger partial charge >= 0.3 is 0 Å². The summed E-state index contributed by atoms with van der Waals surface area (Å²) in [6, 6.07) is 6.48. The standard InChI is InChI=1S/C12H19N3O3S2/c1-9(2)7-14-20(16,17)15-10-3-5-11(6-4-10)18-8-12(13)19/h3-6,9,14-15H,7-8H2,1-2H3,(H2,13,19). The molecule has 0 saturated carbocycles. The van der Waals surface area contributed by atoms with Crippen LogP contribution in [0, 0.1) is 5.92 Å². The highest BCUT2D eigenvalue weighted by Gasteiger charge is 2.10. The van der Waals surface area contributed by atoms with Gasteiger partial charge < -0.3 is 10.5 Å². The van der Waals surface area contributed by atoms with E-state index in [0.29, 0.717) is 18.0 Å². The van der Waals surface area contributed by atoms with Crippen molar-refractivity contribution in [3.8, 4) is 5.75 Å². The largest absolute Gasteiger partial charge is 0.487 e. The fourth-order valence-corrected chi connectivity index (χ4v) is 2.37. The molecular formula is C12H19N3O3S2. The number of rotatable bonds is 8. The topological polar surface area (TPSA) is 93.5 Å². The van der Waals surface area contributed by atoms with Crippen molar-refractivity contribution < 1.29 is 13.2 Å². The molecule has 0 aliphatic heterocycles. The molecule has 0 atom stereocenters. The number of nitrogens with two attached hydrogens (primary N) is 1. The van der Waals surface area contributed by atoms with Gasteiger partial charge in [0.2, 0.25) is 0 Å². The summed E-state index contributed by atoms with van der Waals surface area (Å²) in [7, 11) is -3.55. The van der Waals surface area contributed by atoms with Crippen molar-refractivity contribution in [2.24, 2.45) is 11.7 Å². The van der Waals surface area contributed by atoms with Crippen molar-refractivity contribution >= 4 is 33.1 Å². The number of anilines is 1. The molecule has 0 spiro atoms. The average molecular weight is 317 g/mol. The zero-order valence-electron chi connectivity index (χ0n) is 11.4. The molecule has 0 aliphatic rings. The summed E-state index contributed by atoms with van der Waals surface area (Å²) in [6.45, 7) is 4.38. The summed E-state index contributed by atoms with van der Waals surface area (Å²) in [5.41, 5.74) is 5.77. The van der Waals surface area contributed by atoms with Crippen LogP contribution in [0.15, 0.2) is 24.3 Å². The maximum Gasteiger partial charge on any atom is 0.299 e. The van der Waals surface area contributed by atoms with Crippen molar-refractivity contribution in [1.82, 2.24) is 4.72 Å². The maximum atomic E-state index is 11.7. The van der Waals surface area contributed by atoms with Gasteiger partial charge in [-0.15, -0.1) is 0 Å². The lowest BCUT2D eigenvalue weighted by Crippen LogP contribution is -2.32. The molecular weight excluding hydrogens is 298 g/mol. The minimum Gasteiger partial charge on any atom is -0.487 e. The minimum atomic E-state index is -3.55. The van der Waals surface area contributed by atoms with E-state index in [1.807, 2.05) is 13.8 Å². The summed E-state index contributed by atoms with van der Waals surface area (Å²) < 4.78 is 33.6. The number of benzene rings is 1. The van der Waals surface area contributed by atoms with Gasteiger partial charge in [-0.3, -0.25) is 4.72 Å². The van der Waals surface area contributed by atoms with Gasteiger partial charge in [0.1, 0.15) is 17.3 Å². The Balaban J connectivity index is 2.58. The van der Waals surface area contributed by atoms with Crippen molar-refractivity contribution in [3.63, 3.8) is 0 Å². The number of thiocarbonyl (C=S) groups is 1. The summed E-state index contributed by atoms with van der Waals surface area (Å²) >= 11 is 4.69. The van der Waals surface area contributed by atoms with E-state index < -0.39 is 10.2 Å². The van der Waals surface area contributed by atoms with Crippen LogP contribution in [0.25, 0.3) is 0 Å². The third-order valence-electron chi connectivity index (χ3n) is 2.17. The normalized spacial score (nSPS) is 11.3. The zero-order valence-corrected chi connectivity index (χ0v) is 13.1. The van der Waals surface area contributed by atoms with E-state index in [-0.39, 0.29) is 17.5 Å². The predicted octanol–water partition coefficient (Wildman–Crippen LogP) is 1.25. The molecule has 4 N–H and O–H groups in total. The number of ether oxygens (including phenoxy) is 1. The molecule has 0 unspecified atom stereocenters. The first-order valence-electron chi connectivity index (χ1n) is 6.07. The van der Waals surface area contributed by atoms with Gasteiger partial charge in [-0.05, 0) is 30.2 Å². The van der Waals surface area contributed by atoms with Gasteiger partial charge in [-0.1, -0.05) is 26.1 Å². The first-order chi connectivity index (χ1) is 9.28. The van der Waals surface area contributed by atoms with E-state index in [1.54, 1.807) is 24.3 Å². The number of nitrogens with one attached hydrogen (secondary N) is 2. The van der Waals surface area contributed by atoms with Gasteiger partial charge in [0.25, 0.3) is 10.2 Å². The van der Waals surface area contributed by atoms with Gasteiger partial charge in [0.15, 0.2) is 0 Å². The Morgan fingerprint density at radius 1 is 1.35 bits per heavy atom.